The molecule has 0 aliphatic carbocycles. The van der Waals surface area contributed by atoms with E-state index in [2.05, 4.69) is 98.4 Å². The van der Waals surface area contributed by atoms with E-state index in [0.29, 0.717) is 24.8 Å². The van der Waals surface area contributed by atoms with Crippen LogP contribution in [-0.2, 0) is 27.1 Å². The minimum atomic E-state index is -1.90. The third-order valence-electron chi connectivity index (χ3n) is 6.58. The summed E-state index contributed by atoms with van der Waals surface area (Å²) in [7, 11) is -1.90. The zero-order valence-electron chi connectivity index (χ0n) is 20.5. The van der Waals surface area contributed by atoms with Crippen LogP contribution in [0.5, 0.6) is 0 Å². The molecule has 0 amide bonds. The normalized spacial score (nSPS) is 21.3. The molecule has 33 heavy (non-hydrogen) atoms. The first-order valence-electron chi connectivity index (χ1n) is 11.4. The summed E-state index contributed by atoms with van der Waals surface area (Å²) in [6.07, 6.45) is -0.542. The van der Waals surface area contributed by atoms with Crippen LogP contribution in [0.4, 0.5) is 0 Å². The van der Waals surface area contributed by atoms with E-state index in [1.807, 2.05) is 12.1 Å². The fourth-order valence-corrected chi connectivity index (χ4v) is 5.14. The second-order valence-electron chi connectivity index (χ2n) is 10.3. The van der Waals surface area contributed by atoms with Crippen molar-refractivity contribution in [2.24, 2.45) is 0 Å². The van der Waals surface area contributed by atoms with Gasteiger partial charge in [0.2, 0.25) is 0 Å². The van der Waals surface area contributed by atoms with Crippen LogP contribution >= 0.6 is 28.1 Å². The average Bonchev–Trinajstić information content (AvgIpc) is 3.04. The Kier molecular flexibility index (Phi) is 8.92. The van der Waals surface area contributed by atoms with E-state index >= 15 is 0 Å². The van der Waals surface area contributed by atoms with Crippen LogP contribution < -0.4 is 5.32 Å². The quantitative estimate of drug-likeness (QED) is 0.283. The van der Waals surface area contributed by atoms with Crippen LogP contribution in [0, 0.1) is 6.92 Å². The van der Waals surface area contributed by atoms with Crippen LogP contribution in [0.15, 0.2) is 53.0 Å². The first-order chi connectivity index (χ1) is 15.5. The predicted octanol–water partition coefficient (Wildman–Crippen LogP) is 6.55. The Morgan fingerprint density at radius 1 is 1.00 bits per heavy atom. The van der Waals surface area contributed by atoms with Gasteiger partial charge in [-0.15, -0.1) is 0 Å². The summed E-state index contributed by atoms with van der Waals surface area (Å²) in [6.45, 7) is 14.9. The predicted molar refractivity (Wildman–Crippen MR) is 145 cm³/mol. The highest BCUT2D eigenvalue weighted by Gasteiger charge is 2.44. The number of aryl methyl sites for hydroxylation is 1. The van der Waals surface area contributed by atoms with Crippen molar-refractivity contribution in [2.75, 3.05) is 6.61 Å². The monoisotopic (exact) mass is 549 g/mol. The van der Waals surface area contributed by atoms with Gasteiger partial charge in [0.25, 0.3) is 0 Å². The van der Waals surface area contributed by atoms with E-state index in [0.717, 1.165) is 15.6 Å². The summed E-state index contributed by atoms with van der Waals surface area (Å²) >= 11 is 9.18. The van der Waals surface area contributed by atoms with Crippen molar-refractivity contribution in [1.82, 2.24) is 5.32 Å². The Balaban J connectivity index is 1.73. The summed E-state index contributed by atoms with van der Waals surface area (Å²) in [5, 5.41) is 3.58. The Morgan fingerprint density at radius 2 is 1.67 bits per heavy atom. The Morgan fingerprint density at radius 3 is 2.30 bits per heavy atom. The van der Waals surface area contributed by atoms with Gasteiger partial charge < -0.3 is 19.2 Å². The number of benzene rings is 2. The fourth-order valence-electron chi connectivity index (χ4n) is 3.49. The Hall–Kier alpha value is -1.09. The largest absolute Gasteiger partial charge is 0.415 e. The third kappa shape index (κ3) is 7.20. The lowest BCUT2D eigenvalue weighted by atomic mass is 10.1. The van der Waals surface area contributed by atoms with Crippen LogP contribution in [0.2, 0.25) is 18.1 Å². The molecule has 1 saturated heterocycles. The lowest BCUT2D eigenvalue weighted by molar-refractivity contribution is -0.0610. The van der Waals surface area contributed by atoms with Crippen molar-refractivity contribution < 1.29 is 13.9 Å². The second kappa shape index (κ2) is 11.1. The molecule has 0 aromatic heterocycles. The van der Waals surface area contributed by atoms with Gasteiger partial charge in [-0.2, -0.15) is 0 Å². The smallest absolute Gasteiger partial charge is 0.192 e. The van der Waals surface area contributed by atoms with Crippen LogP contribution in [0.1, 0.15) is 37.5 Å². The fraction of sp³-hybridized carbons (Fsp3) is 0.500. The third-order valence-corrected chi connectivity index (χ3v) is 12.0. The Bertz CT molecular complexity index is 945. The molecule has 3 atom stereocenters. The van der Waals surface area contributed by atoms with Gasteiger partial charge in [0.05, 0.1) is 25.9 Å². The van der Waals surface area contributed by atoms with Gasteiger partial charge >= 0.3 is 0 Å². The molecule has 0 radical (unpaired) electrons. The number of halogens is 1. The molecule has 3 rings (SSSR count). The molecule has 3 unspecified atom stereocenters. The van der Waals surface area contributed by atoms with E-state index in [1.165, 1.54) is 5.56 Å². The molecular formula is C26H36BrNO3SSi. The molecular weight excluding hydrogens is 514 g/mol. The van der Waals surface area contributed by atoms with Crippen molar-refractivity contribution in [3.05, 3.63) is 69.7 Å². The number of ether oxygens (including phenoxy) is 2. The first-order valence-corrected chi connectivity index (χ1v) is 15.5. The number of hydrogen-bond acceptors (Lipinski definition) is 4. The maximum Gasteiger partial charge on any atom is 0.192 e. The van der Waals surface area contributed by atoms with Gasteiger partial charge in [-0.1, -0.05) is 90.9 Å². The van der Waals surface area contributed by atoms with Crippen LogP contribution in [0.3, 0.4) is 0 Å². The molecule has 180 valence electrons. The van der Waals surface area contributed by atoms with Gasteiger partial charge in [0.1, 0.15) is 17.2 Å². The van der Waals surface area contributed by atoms with Gasteiger partial charge in [-0.3, -0.25) is 0 Å². The topological polar surface area (TPSA) is 39.7 Å². The average molecular weight is 551 g/mol. The minimum absolute atomic E-state index is 0.0497. The number of thiocarbonyl (C=S) groups is 1. The molecule has 2 aromatic rings. The number of hydrogen-bond donors (Lipinski definition) is 1. The van der Waals surface area contributed by atoms with E-state index in [1.54, 1.807) is 0 Å². The van der Waals surface area contributed by atoms with E-state index in [9.17, 15) is 0 Å². The summed E-state index contributed by atoms with van der Waals surface area (Å²) < 4.78 is 20.3. The second-order valence-corrected chi connectivity index (χ2v) is 16.5. The molecule has 4 nitrogen and oxygen atoms in total. The highest BCUT2D eigenvalue weighted by molar-refractivity contribution is 9.10. The standard InChI is InChI=1S/C26H36BrNO3SSi/c1-18-8-7-9-20(14-18)16-29-23-22(17-31-33(5,6)26(2,3)4)28-25(32)24(23)30-15-19-10-12-21(27)13-11-19/h7-14,22-24H,15-17H2,1-6H3,(H,28,32). The van der Waals surface area contributed by atoms with E-state index in [-0.39, 0.29) is 23.3 Å². The van der Waals surface area contributed by atoms with Crippen molar-refractivity contribution in [3.63, 3.8) is 0 Å². The molecule has 7 heteroatoms. The summed E-state index contributed by atoms with van der Waals surface area (Å²) in [4.78, 5) is 0.685. The van der Waals surface area contributed by atoms with Crippen LogP contribution in [0.25, 0.3) is 0 Å². The highest BCUT2D eigenvalue weighted by atomic mass is 79.9. The maximum atomic E-state index is 6.53. The van der Waals surface area contributed by atoms with Crippen molar-refractivity contribution in [1.29, 1.82) is 0 Å². The molecule has 0 saturated carbocycles. The molecule has 1 heterocycles. The Labute approximate surface area is 213 Å². The zero-order chi connectivity index (χ0) is 24.2. The van der Waals surface area contributed by atoms with Gasteiger partial charge in [-0.25, -0.2) is 0 Å². The van der Waals surface area contributed by atoms with Crippen molar-refractivity contribution in [2.45, 2.75) is 77.3 Å². The molecule has 1 fully saturated rings. The summed E-state index contributed by atoms with van der Waals surface area (Å²) in [5.74, 6) is 0. The number of nitrogens with one attached hydrogen (secondary N) is 1. The van der Waals surface area contributed by atoms with E-state index < -0.39 is 8.32 Å². The summed E-state index contributed by atoms with van der Waals surface area (Å²) in [5.41, 5.74) is 3.46. The molecule has 2 aromatic carbocycles. The molecule has 0 bridgehead atoms. The zero-order valence-corrected chi connectivity index (χ0v) is 23.9. The highest BCUT2D eigenvalue weighted by Crippen LogP contribution is 2.37. The SMILES string of the molecule is Cc1cccc(COC2C(CO[Si](C)(C)C(C)(C)C)NC(=S)C2OCc2ccc(Br)cc2)c1. The molecule has 0 spiro atoms. The number of rotatable bonds is 9. The molecule has 1 aliphatic heterocycles. The van der Waals surface area contributed by atoms with Gasteiger partial charge in [0, 0.05) is 4.47 Å². The van der Waals surface area contributed by atoms with Gasteiger partial charge in [0.15, 0.2) is 8.32 Å². The molecule has 1 aliphatic rings. The lowest BCUT2D eigenvalue weighted by Crippen LogP contribution is -2.47. The van der Waals surface area contributed by atoms with Crippen LogP contribution in [-0.4, -0.2) is 38.2 Å². The van der Waals surface area contributed by atoms with Crippen molar-refractivity contribution >= 4 is 41.5 Å². The maximum absolute atomic E-state index is 6.53. The minimum Gasteiger partial charge on any atom is -0.415 e. The lowest BCUT2D eigenvalue weighted by Gasteiger charge is -2.37. The van der Waals surface area contributed by atoms with E-state index in [4.69, 9.17) is 26.1 Å². The summed E-state index contributed by atoms with van der Waals surface area (Å²) in [6, 6.07) is 16.5. The first kappa shape index (κ1) is 26.5. The van der Waals surface area contributed by atoms with Crippen molar-refractivity contribution in [3.8, 4) is 0 Å². The molecule has 1 N–H and O–H groups in total. The van der Waals surface area contributed by atoms with Gasteiger partial charge in [-0.05, 0) is 48.3 Å².